The molecule has 74 valence electrons. The summed E-state index contributed by atoms with van der Waals surface area (Å²) in [5.41, 5.74) is 1.51. The van der Waals surface area contributed by atoms with Gasteiger partial charge >= 0.3 is 0 Å². The minimum Gasteiger partial charge on any atom is -0.490 e. The predicted octanol–water partition coefficient (Wildman–Crippen LogP) is 3.08. The van der Waals surface area contributed by atoms with Gasteiger partial charge in [0.15, 0.2) is 0 Å². The van der Waals surface area contributed by atoms with E-state index in [-0.39, 0.29) is 6.10 Å². The van der Waals surface area contributed by atoms with Gasteiger partial charge in [-0.15, -0.1) is 11.6 Å². The van der Waals surface area contributed by atoms with Gasteiger partial charge in [-0.2, -0.15) is 5.26 Å². The summed E-state index contributed by atoms with van der Waals surface area (Å²) in [7, 11) is 0. The Morgan fingerprint density at radius 2 is 2.21 bits per heavy atom. The molecule has 0 N–H and O–H groups in total. The SMILES string of the molecule is CC(C)Oc1cc(CCl)ccc1C#N. The van der Waals surface area contributed by atoms with Gasteiger partial charge in [0, 0.05) is 5.88 Å². The number of hydrogen-bond donors (Lipinski definition) is 0. The highest BCUT2D eigenvalue weighted by atomic mass is 35.5. The van der Waals surface area contributed by atoms with E-state index in [0.717, 1.165) is 5.56 Å². The molecule has 0 unspecified atom stereocenters. The molecular weight excluding hydrogens is 198 g/mol. The number of benzene rings is 1. The highest BCUT2D eigenvalue weighted by Crippen LogP contribution is 2.21. The predicted molar refractivity (Wildman–Crippen MR) is 56.5 cm³/mol. The summed E-state index contributed by atoms with van der Waals surface area (Å²) in [6.07, 6.45) is 0.0627. The summed E-state index contributed by atoms with van der Waals surface area (Å²) in [6, 6.07) is 7.46. The average molecular weight is 210 g/mol. The standard InChI is InChI=1S/C11H12ClNO/c1-8(2)14-11-5-9(6-12)3-4-10(11)7-13/h3-5,8H,6H2,1-2H3. The summed E-state index contributed by atoms with van der Waals surface area (Å²) in [5, 5.41) is 8.83. The lowest BCUT2D eigenvalue weighted by Gasteiger charge is -2.11. The third-order valence-electron chi connectivity index (χ3n) is 1.68. The molecule has 0 atom stereocenters. The van der Waals surface area contributed by atoms with E-state index in [1.54, 1.807) is 6.07 Å². The average Bonchev–Trinajstić information content (AvgIpc) is 2.16. The highest BCUT2D eigenvalue weighted by Gasteiger charge is 2.05. The molecule has 0 aromatic heterocycles. The van der Waals surface area contributed by atoms with Crippen molar-refractivity contribution in [2.75, 3.05) is 0 Å². The van der Waals surface area contributed by atoms with E-state index in [1.807, 2.05) is 26.0 Å². The fourth-order valence-corrected chi connectivity index (χ4v) is 1.26. The first-order valence-corrected chi connectivity index (χ1v) is 4.96. The molecule has 0 amide bonds. The van der Waals surface area contributed by atoms with Crippen molar-refractivity contribution in [2.24, 2.45) is 0 Å². The Morgan fingerprint density at radius 1 is 1.50 bits per heavy atom. The summed E-state index contributed by atoms with van der Waals surface area (Å²) in [5.74, 6) is 1.04. The molecular formula is C11H12ClNO. The van der Waals surface area contributed by atoms with Gasteiger partial charge in [0.1, 0.15) is 11.8 Å². The Labute approximate surface area is 89.1 Å². The van der Waals surface area contributed by atoms with Crippen LogP contribution in [0.2, 0.25) is 0 Å². The largest absolute Gasteiger partial charge is 0.490 e. The third kappa shape index (κ3) is 2.65. The van der Waals surface area contributed by atoms with E-state index in [9.17, 15) is 0 Å². The van der Waals surface area contributed by atoms with Crippen LogP contribution in [-0.4, -0.2) is 6.10 Å². The zero-order valence-corrected chi connectivity index (χ0v) is 9.01. The molecule has 0 aliphatic heterocycles. The first-order valence-electron chi connectivity index (χ1n) is 4.43. The van der Waals surface area contributed by atoms with Crippen molar-refractivity contribution in [1.29, 1.82) is 5.26 Å². The molecule has 0 heterocycles. The maximum Gasteiger partial charge on any atom is 0.137 e. The number of alkyl halides is 1. The van der Waals surface area contributed by atoms with Crippen molar-refractivity contribution >= 4 is 11.6 Å². The Morgan fingerprint density at radius 3 is 2.71 bits per heavy atom. The number of halogens is 1. The Balaban J connectivity index is 3.03. The summed E-state index contributed by atoms with van der Waals surface area (Å²) >= 11 is 5.69. The Bertz CT molecular complexity index is 355. The van der Waals surface area contributed by atoms with E-state index in [4.69, 9.17) is 21.6 Å². The second-order valence-corrected chi connectivity index (χ2v) is 3.51. The second-order valence-electron chi connectivity index (χ2n) is 3.24. The van der Waals surface area contributed by atoms with Crippen LogP contribution in [-0.2, 0) is 5.88 Å². The van der Waals surface area contributed by atoms with Crippen LogP contribution in [0, 0.1) is 11.3 Å². The van der Waals surface area contributed by atoms with Crippen LogP contribution in [0.1, 0.15) is 25.0 Å². The molecule has 0 saturated carbocycles. The van der Waals surface area contributed by atoms with E-state index in [0.29, 0.717) is 17.2 Å². The molecule has 2 nitrogen and oxygen atoms in total. The minimum absolute atomic E-state index is 0.0627. The molecule has 1 rings (SSSR count). The van der Waals surface area contributed by atoms with Gasteiger partial charge < -0.3 is 4.74 Å². The monoisotopic (exact) mass is 209 g/mol. The molecule has 0 radical (unpaired) electrons. The molecule has 0 saturated heterocycles. The van der Waals surface area contributed by atoms with Crippen molar-refractivity contribution < 1.29 is 4.74 Å². The molecule has 1 aromatic carbocycles. The first kappa shape index (κ1) is 10.9. The second kappa shape index (κ2) is 4.88. The van der Waals surface area contributed by atoms with Gasteiger partial charge in [-0.1, -0.05) is 6.07 Å². The zero-order valence-electron chi connectivity index (χ0n) is 8.25. The molecule has 0 aliphatic carbocycles. The lowest BCUT2D eigenvalue weighted by atomic mass is 10.1. The Kier molecular flexibility index (Phi) is 3.79. The van der Waals surface area contributed by atoms with Crippen LogP contribution in [0.15, 0.2) is 18.2 Å². The Hall–Kier alpha value is -1.20. The smallest absolute Gasteiger partial charge is 0.137 e. The summed E-state index contributed by atoms with van der Waals surface area (Å²) in [4.78, 5) is 0. The number of rotatable bonds is 3. The van der Waals surface area contributed by atoms with Crippen molar-refractivity contribution in [3.05, 3.63) is 29.3 Å². The molecule has 0 aliphatic rings. The van der Waals surface area contributed by atoms with E-state index >= 15 is 0 Å². The number of nitrogens with zero attached hydrogens (tertiary/aromatic N) is 1. The fraction of sp³-hybridized carbons (Fsp3) is 0.364. The molecule has 1 aromatic rings. The van der Waals surface area contributed by atoms with Crippen LogP contribution in [0.3, 0.4) is 0 Å². The quantitative estimate of drug-likeness (QED) is 0.717. The molecule has 0 bridgehead atoms. The van der Waals surface area contributed by atoms with Crippen LogP contribution in [0.25, 0.3) is 0 Å². The van der Waals surface area contributed by atoms with Crippen molar-refractivity contribution in [3.8, 4) is 11.8 Å². The molecule has 3 heteroatoms. The van der Waals surface area contributed by atoms with Crippen LogP contribution in [0.4, 0.5) is 0 Å². The number of hydrogen-bond acceptors (Lipinski definition) is 2. The van der Waals surface area contributed by atoms with Gasteiger partial charge in [-0.3, -0.25) is 0 Å². The van der Waals surface area contributed by atoms with E-state index in [2.05, 4.69) is 6.07 Å². The number of ether oxygens (including phenoxy) is 1. The molecule has 0 spiro atoms. The topological polar surface area (TPSA) is 33.0 Å². The highest BCUT2D eigenvalue weighted by molar-refractivity contribution is 6.17. The maximum absolute atomic E-state index is 8.83. The molecule has 0 fully saturated rings. The molecule has 14 heavy (non-hydrogen) atoms. The van der Waals surface area contributed by atoms with Gasteiger partial charge in [0.05, 0.1) is 11.7 Å². The van der Waals surface area contributed by atoms with E-state index < -0.39 is 0 Å². The van der Waals surface area contributed by atoms with Crippen molar-refractivity contribution in [2.45, 2.75) is 25.8 Å². The van der Waals surface area contributed by atoms with Gasteiger partial charge in [-0.25, -0.2) is 0 Å². The summed E-state index contributed by atoms with van der Waals surface area (Å²) < 4.78 is 5.50. The normalized spacial score (nSPS) is 9.93. The lowest BCUT2D eigenvalue weighted by Crippen LogP contribution is -2.07. The van der Waals surface area contributed by atoms with Gasteiger partial charge in [0.2, 0.25) is 0 Å². The minimum atomic E-state index is 0.0627. The third-order valence-corrected chi connectivity index (χ3v) is 1.99. The van der Waals surface area contributed by atoms with Crippen LogP contribution < -0.4 is 4.74 Å². The lowest BCUT2D eigenvalue weighted by molar-refractivity contribution is 0.241. The van der Waals surface area contributed by atoms with Crippen molar-refractivity contribution in [1.82, 2.24) is 0 Å². The summed E-state index contributed by atoms with van der Waals surface area (Å²) in [6.45, 7) is 3.85. The van der Waals surface area contributed by atoms with Gasteiger partial charge in [-0.05, 0) is 31.5 Å². The van der Waals surface area contributed by atoms with Crippen LogP contribution in [0.5, 0.6) is 5.75 Å². The van der Waals surface area contributed by atoms with Crippen LogP contribution >= 0.6 is 11.6 Å². The fourth-order valence-electron chi connectivity index (χ4n) is 1.09. The van der Waals surface area contributed by atoms with E-state index in [1.165, 1.54) is 0 Å². The maximum atomic E-state index is 8.83. The zero-order chi connectivity index (χ0) is 10.6. The van der Waals surface area contributed by atoms with Crippen molar-refractivity contribution in [3.63, 3.8) is 0 Å². The first-order chi connectivity index (χ1) is 6.67. The van der Waals surface area contributed by atoms with Gasteiger partial charge in [0.25, 0.3) is 0 Å². The number of nitriles is 1.